The van der Waals surface area contributed by atoms with E-state index in [-0.39, 0.29) is 5.41 Å². The van der Waals surface area contributed by atoms with E-state index < -0.39 is 0 Å². The first kappa shape index (κ1) is 33.9. The largest absolute Gasteiger partial charge is 0.135 e. The Bertz CT molecular complexity index is 3750. The summed E-state index contributed by atoms with van der Waals surface area (Å²) in [5.74, 6) is 0. The summed E-state index contributed by atoms with van der Waals surface area (Å²) >= 11 is 1.93. The highest BCUT2D eigenvalue weighted by Gasteiger charge is 2.36. The molecular weight excluding hydrogens is 741 g/mol. The van der Waals surface area contributed by atoms with Crippen molar-refractivity contribution < 1.29 is 0 Å². The quantitative estimate of drug-likeness (QED) is 0.157. The third-order valence-corrected chi connectivity index (χ3v) is 14.7. The van der Waals surface area contributed by atoms with Gasteiger partial charge in [-0.1, -0.05) is 184 Å². The van der Waals surface area contributed by atoms with E-state index in [4.69, 9.17) is 0 Å². The van der Waals surface area contributed by atoms with E-state index in [2.05, 4.69) is 208 Å². The fourth-order valence-electron chi connectivity index (χ4n) is 10.9. The average molecular weight is 779 g/mol. The summed E-state index contributed by atoms with van der Waals surface area (Å²) in [6.45, 7) is 4.77. The molecule has 0 fully saturated rings. The minimum absolute atomic E-state index is 0.0435. The Balaban J connectivity index is 1.05. The van der Waals surface area contributed by atoms with Gasteiger partial charge < -0.3 is 0 Å². The number of thiophene rings is 1. The highest BCUT2D eigenvalue weighted by molar-refractivity contribution is 7.26. The molecule has 12 aromatic rings. The minimum atomic E-state index is -0.0435. The zero-order valence-corrected chi connectivity index (χ0v) is 34.2. The molecule has 13 rings (SSSR count). The van der Waals surface area contributed by atoms with E-state index in [9.17, 15) is 0 Å². The molecule has 0 spiro atoms. The third kappa shape index (κ3) is 4.67. The number of rotatable bonds is 3. The molecule has 1 aliphatic rings. The summed E-state index contributed by atoms with van der Waals surface area (Å²) < 4.78 is 2.69. The van der Waals surface area contributed by atoms with Gasteiger partial charge in [0.1, 0.15) is 0 Å². The molecule has 0 saturated carbocycles. The highest BCUT2D eigenvalue weighted by atomic mass is 32.1. The topological polar surface area (TPSA) is 0 Å². The van der Waals surface area contributed by atoms with Gasteiger partial charge in [0.05, 0.1) is 0 Å². The molecule has 11 aromatic carbocycles. The Morgan fingerprint density at radius 1 is 0.317 bits per heavy atom. The van der Waals surface area contributed by atoms with E-state index in [1.165, 1.54) is 130 Å². The second kappa shape index (κ2) is 12.5. The highest BCUT2D eigenvalue weighted by Crippen LogP contribution is 2.53. The summed E-state index contributed by atoms with van der Waals surface area (Å²) in [5, 5.41) is 15.5. The van der Waals surface area contributed by atoms with E-state index in [1.54, 1.807) is 0 Å². The lowest BCUT2D eigenvalue weighted by Crippen LogP contribution is -2.14. The molecule has 0 amide bonds. The molecular formula is C59H38S. The van der Waals surface area contributed by atoms with Crippen molar-refractivity contribution in [1.29, 1.82) is 0 Å². The van der Waals surface area contributed by atoms with Crippen LogP contribution in [0.4, 0.5) is 0 Å². The maximum absolute atomic E-state index is 2.51. The molecule has 0 radical (unpaired) electrons. The van der Waals surface area contributed by atoms with Crippen LogP contribution >= 0.6 is 11.3 Å². The Hall–Kier alpha value is -7.06. The second-order valence-electron chi connectivity index (χ2n) is 17.1. The molecule has 1 aliphatic carbocycles. The lowest BCUT2D eigenvalue weighted by molar-refractivity contribution is 0.661. The van der Waals surface area contributed by atoms with Crippen molar-refractivity contribution in [2.75, 3.05) is 0 Å². The Kier molecular flexibility index (Phi) is 7.04. The van der Waals surface area contributed by atoms with Crippen LogP contribution in [0, 0.1) is 0 Å². The third-order valence-electron chi connectivity index (χ3n) is 13.6. The van der Waals surface area contributed by atoms with E-state index >= 15 is 0 Å². The lowest BCUT2D eigenvalue weighted by atomic mass is 9.82. The van der Waals surface area contributed by atoms with Crippen molar-refractivity contribution in [3.05, 3.63) is 205 Å². The first-order valence-electron chi connectivity index (χ1n) is 21.0. The number of hydrogen-bond acceptors (Lipinski definition) is 1. The Labute approximate surface area is 352 Å². The fraction of sp³-hybridized carbons (Fsp3) is 0.0508. The lowest BCUT2D eigenvalue weighted by Gasteiger charge is -2.21. The number of fused-ring (bicyclic) bond motifs is 12. The van der Waals surface area contributed by atoms with Crippen LogP contribution in [-0.2, 0) is 5.41 Å². The zero-order chi connectivity index (χ0) is 39.7. The first-order valence-corrected chi connectivity index (χ1v) is 21.8. The molecule has 0 saturated heterocycles. The van der Waals surface area contributed by atoms with Gasteiger partial charge in [0.15, 0.2) is 0 Å². The van der Waals surface area contributed by atoms with E-state index in [0.717, 1.165) is 0 Å². The number of benzene rings is 11. The maximum atomic E-state index is 2.51. The van der Waals surface area contributed by atoms with Crippen molar-refractivity contribution >= 4 is 85.4 Å². The Morgan fingerprint density at radius 2 is 0.850 bits per heavy atom. The van der Waals surface area contributed by atoms with Gasteiger partial charge in [0, 0.05) is 25.6 Å². The van der Waals surface area contributed by atoms with Crippen LogP contribution in [0.15, 0.2) is 194 Å². The van der Waals surface area contributed by atoms with Crippen LogP contribution < -0.4 is 0 Å². The molecule has 0 atom stereocenters. The van der Waals surface area contributed by atoms with Gasteiger partial charge in [-0.3, -0.25) is 0 Å². The second-order valence-corrected chi connectivity index (χ2v) is 18.2. The predicted molar refractivity (Wildman–Crippen MR) is 261 cm³/mol. The molecule has 0 unspecified atom stereocenters. The van der Waals surface area contributed by atoms with Crippen molar-refractivity contribution in [3.8, 4) is 44.5 Å². The normalized spacial score (nSPS) is 13.3. The van der Waals surface area contributed by atoms with Gasteiger partial charge >= 0.3 is 0 Å². The van der Waals surface area contributed by atoms with E-state index in [0.29, 0.717) is 0 Å². The molecule has 280 valence electrons. The maximum Gasteiger partial charge on any atom is 0.0368 e. The van der Waals surface area contributed by atoms with Crippen LogP contribution in [0.1, 0.15) is 25.0 Å². The molecule has 0 N–H and O–H groups in total. The van der Waals surface area contributed by atoms with Crippen molar-refractivity contribution in [2.45, 2.75) is 19.3 Å². The zero-order valence-electron chi connectivity index (χ0n) is 33.4. The smallest absolute Gasteiger partial charge is 0.0368 e. The summed E-state index contributed by atoms with van der Waals surface area (Å²) in [7, 11) is 0. The van der Waals surface area contributed by atoms with Gasteiger partial charge in [-0.15, -0.1) is 11.3 Å². The van der Waals surface area contributed by atoms with E-state index in [1.807, 2.05) is 11.3 Å². The molecule has 1 aromatic heterocycles. The molecule has 0 nitrogen and oxygen atoms in total. The molecule has 1 heteroatoms. The monoisotopic (exact) mass is 778 g/mol. The van der Waals surface area contributed by atoms with Gasteiger partial charge in [-0.25, -0.2) is 0 Å². The molecule has 60 heavy (non-hydrogen) atoms. The van der Waals surface area contributed by atoms with Gasteiger partial charge in [0.2, 0.25) is 0 Å². The van der Waals surface area contributed by atoms with Gasteiger partial charge in [0.25, 0.3) is 0 Å². The standard InChI is InChI=1S/C59H38S/c1-59(2)52-26-14-13-20-42(52)50-34-54-51(32-53(50)59)58-43-21-8-7-19-40(43)49(33-55(58)60-54)41-29-30-48(39-18-6-5-17-38(39)41)57-46-24-11-9-22-44(46)56(45-23-10-12-25-47(45)57)37-28-27-35-15-3-4-16-36(35)31-37/h3-34H,1-2H3. The SMILES string of the molecule is CC1(C)c2ccccc2-c2cc3sc4cc(-c5ccc(-c6c7ccccc7c(-c7ccc8ccccc8c7)c7ccccc67)c6ccccc56)c5ccccc5c4c3cc21. The van der Waals surface area contributed by atoms with Crippen LogP contribution in [0.25, 0.3) is 119 Å². The summed E-state index contributed by atoms with van der Waals surface area (Å²) in [5.41, 5.74) is 13.2. The summed E-state index contributed by atoms with van der Waals surface area (Å²) in [6.07, 6.45) is 0. The van der Waals surface area contributed by atoms with Crippen molar-refractivity contribution in [2.24, 2.45) is 0 Å². The van der Waals surface area contributed by atoms with Crippen LogP contribution in [0.2, 0.25) is 0 Å². The minimum Gasteiger partial charge on any atom is -0.135 e. The molecule has 0 bridgehead atoms. The van der Waals surface area contributed by atoms with Crippen LogP contribution in [0.5, 0.6) is 0 Å². The fourth-order valence-corrected chi connectivity index (χ4v) is 12.1. The van der Waals surface area contributed by atoms with Crippen molar-refractivity contribution in [3.63, 3.8) is 0 Å². The molecule has 1 heterocycles. The first-order chi connectivity index (χ1) is 29.5. The van der Waals surface area contributed by atoms with Gasteiger partial charge in [-0.05, 0) is 134 Å². The van der Waals surface area contributed by atoms with Crippen LogP contribution in [0.3, 0.4) is 0 Å². The Morgan fingerprint density at radius 3 is 1.57 bits per heavy atom. The summed E-state index contributed by atoms with van der Waals surface area (Å²) in [6, 6.07) is 73.0. The van der Waals surface area contributed by atoms with Crippen molar-refractivity contribution in [1.82, 2.24) is 0 Å². The summed E-state index contributed by atoms with van der Waals surface area (Å²) in [4.78, 5) is 0. The van der Waals surface area contributed by atoms with Gasteiger partial charge in [-0.2, -0.15) is 0 Å². The van der Waals surface area contributed by atoms with Crippen LogP contribution in [-0.4, -0.2) is 0 Å². The predicted octanol–water partition coefficient (Wildman–Crippen LogP) is 17.1. The molecule has 0 aliphatic heterocycles. The number of hydrogen-bond donors (Lipinski definition) is 0. The average Bonchev–Trinajstić information content (AvgIpc) is 3.77.